The third kappa shape index (κ3) is 3.80. The standard InChI is InChI=1S/C11H13Cl2NO/c1-7(2)3-4-8-5-6-9(11(13)15)10(12)14-8/h5-7H,3-4H2,1-2H3. The second kappa shape index (κ2) is 5.47. The van der Waals surface area contributed by atoms with E-state index in [0.717, 1.165) is 18.5 Å². The van der Waals surface area contributed by atoms with Crippen LogP contribution in [0.3, 0.4) is 0 Å². The van der Waals surface area contributed by atoms with Crippen molar-refractivity contribution in [3.05, 3.63) is 28.5 Å². The van der Waals surface area contributed by atoms with E-state index < -0.39 is 5.24 Å². The van der Waals surface area contributed by atoms with E-state index in [0.29, 0.717) is 5.92 Å². The zero-order valence-electron chi connectivity index (χ0n) is 8.76. The summed E-state index contributed by atoms with van der Waals surface area (Å²) in [6, 6.07) is 3.42. The number of aromatic nitrogens is 1. The molecule has 0 bridgehead atoms. The molecule has 0 unspecified atom stereocenters. The highest BCUT2D eigenvalue weighted by molar-refractivity contribution is 6.68. The zero-order valence-corrected chi connectivity index (χ0v) is 10.3. The van der Waals surface area contributed by atoms with Crippen molar-refractivity contribution in [2.24, 2.45) is 5.92 Å². The summed E-state index contributed by atoms with van der Waals surface area (Å²) < 4.78 is 0. The average molecular weight is 246 g/mol. The maximum Gasteiger partial charge on any atom is 0.255 e. The minimum Gasteiger partial charge on any atom is -0.275 e. The SMILES string of the molecule is CC(C)CCc1ccc(C(=O)Cl)c(Cl)n1. The highest BCUT2D eigenvalue weighted by atomic mass is 35.5. The first-order valence-electron chi connectivity index (χ1n) is 4.86. The van der Waals surface area contributed by atoms with Gasteiger partial charge in [-0.2, -0.15) is 0 Å². The number of aryl methyl sites for hydroxylation is 1. The van der Waals surface area contributed by atoms with Crippen molar-refractivity contribution in [2.45, 2.75) is 26.7 Å². The largest absolute Gasteiger partial charge is 0.275 e. The molecule has 0 aliphatic heterocycles. The van der Waals surface area contributed by atoms with Gasteiger partial charge in [-0.25, -0.2) is 4.98 Å². The quantitative estimate of drug-likeness (QED) is 0.598. The second-order valence-electron chi connectivity index (χ2n) is 3.85. The summed E-state index contributed by atoms with van der Waals surface area (Å²) in [7, 11) is 0. The van der Waals surface area contributed by atoms with Crippen molar-refractivity contribution in [2.75, 3.05) is 0 Å². The fraction of sp³-hybridized carbons (Fsp3) is 0.455. The molecule has 0 radical (unpaired) electrons. The van der Waals surface area contributed by atoms with Gasteiger partial charge in [-0.1, -0.05) is 25.4 Å². The van der Waals surface area contributed by atoms with Gasteiger partial charge in [-0.05, 0) is 42.5 Å². The van der Waals surface area contributed by atoms with E-state index in [-0.39, 0.29) is 10.7 Å². The molecule has 0 fully saturated rings. The number of nitrogens with zero attached hydrogens (tertiary/aromatic N) is 1. The smallest absolute Gasteiger partial charge is 0.255 e. The highest BCUT2D eigenvalue weighted by Gasteiger charge is 2.09. The lowest BCUT2D eigenvalue weighted by molar-refractivity contribution is 0.108. The van der Waals surface area contributed by atoms with Crippen LogP contribution in [-0.2, 0) is 6.42 Å². The van der Waals surface area contributed by atoms with Gasteiger partial charge >= 0.3 is 0 Å². The van der Waals surface area contributed by atoms with E-state index in [1.165, 1.54) is 0 Å². The molecule has 4 heteroatoms. The molecule has 0 amide bonds. The van der Waals surface area contributed by atoms with Gasteiger partial charge in [0.2, 0.25) is 0 Å². The van der Waals surface area contributed by atoms with Crippen LogP contribution in [0.15, 0.2) is 12.1 Å². The van der Waals surface area contributed by atoms with E-state index in [1.807, 2.05) is 0 Å². The van der Waals surface area contributed by atoms with E-state index in [2.05, 4.69) is 18.8 Å². The number of carbonyl (C=O) groups excluding carboxylic acids is 1. The third-order valence-electron chi connectivity index (χ3n) is 2.10. The molecule has 1 rings (SSSR count). The molecule has 82 valence electrons. The minimum atomic E-state index is -0.567. The van der Waals surface area contributed by atoms with E-state index in [4.69, 9.17) is 23.2 Å². The Kier molecular flexibility index (Phi) is 4.55. The van der Waals surface area contributed by atoms with Crippen molar-refractivity contribution >= 4 is 28.4 Å². The molecule has 2 nitrogen and oxygen atoms in total. The Morgan fingerprint density at radius 2 is 2.13 bits per heavy atom. The molecule has 0 spiro atoms. The van der Waals surface area contributed by atoms with Gasteiger partial charge in [0.15, 0.2) is 0 Å². The Morgan fingerprint density at radius 1 is 1.47 bits per heavy atom. The van der Waals surface area contributed by atoms with Crippen LogP contribution in [0.4, 0.5) is 0 Å². The zero-order chi connectivity index (χ0) is 11.4. The maximum absolute atomic E-state index is 10.9. The molecule has 1 aromatic heterocycles. The van der Waals surface area contributed by atoms with Gasteiger partial charge in [0.25, 0.3) is 5.24 Å². The lowest BCUT2D eigenvalue weighted by atomic mass is 10.1. The summed E-state index contributed by atoms with van der Waals surface area (Å²) in [5, 5.41) is -0.376. The molecular formula is C11H13Cl2NO. The van der Waals surface area contributed by atoms with Crippen LogP contribution in [-0.4, -0.2) is 10.2 Å². The number of pyridine rings is 1. The number of halogens is 2. The van der Waals surface area contributed by atoms with Gasteiger partial charge in [0.1, 0.15) is 5.15 Å². The van der Waals surface area contributed by atoms with Gasteiger partial charge in [0, 0.05) is 5.69 Å². The molecule has 1 aromatic rings. The van der Waals surface area contributed by atoms with E-state index >= 15 is 0 Å². The highest BCUT2D eigenvalue weighted by Crippen LogP contribution is 2.17. The van der Waals surface area contributed by atoms with Crippen LogP contribution in [0.5, 0.6) is 0 Å². The molecule has 0 saturated heterocycles. The van der Waals surface area contributed by atoms with Crippen molar-refractivity contribution < 1.29 is 4.79 Å². The van der Waals surface area contributed by atoms with Crippen LogP contribution >= 0.6 is 23.2 Å². The second-order valence-corrected chi connectivity index (χ2v) is 4.55. The predicted molar refractivity (Wildman–Crippen MR) is 62.6 cm³/mol. The summed E-state index contributed by atoms with van der Waals surface area (Å²) in [5.74, 6) is 0.625. The molecule has 0 aliphatic carbocycles. The molecule has 0 aromatic carbocycles. The van der Waals surface area contributed by atoms with Crippen molar-refractivity contribution in [3.8, 4) is 0 Å². The third-order valence-corrected chi connectivity index (χ3v) is 2.59. The summed E-state index contributed by atoms with van der Waals surface area (Å²) in [5.41, 5.74) is 1.17. The number of carbonyl (C=O) groups is 1. The normalized spacial score (nSPS) is 10.7. The molecule has 1 heterocycles. The molecule has 15 heavy (non-hydrogen) atoms. The summed E-state index contributed by atoms with van der Waals surface area (Å²) in [6.07, 6.45) is 1.92. The summed E-state index contributed by atoms with van der Waals surface area (Å²) in [4.78, 5) is 15.0. The number of hydrogen-bond donors (Lipinski definition) is 0. The van der Waals surface area contributed by atoms with Gasteiger partial charge < -0.3 is 0 Å². The first-order chi connectivity index (χ1) is 7.00. The predicted octanol–water partition coefficient (Wildman–Crippen LogP) is 3.70. The average Bonchev–Trinajstić information content (AvgIpc) is 2.14. The van der Waals surface area contributed by atoms with E-state index in [1.54, 1.807) is 12.1 Å². The Bertz CT molecular complexity index is 364. The summed E-state index contributed by atoms with van der Waals surface area (Å²) in [6.45, 7) is 4.30. The first kappa shape index (κ1) is 12.5. The Balaban J connectivity index is 2.78. The first-order valence-corrected chi connectivity index (χ1v) is 5.61. The lowest BCUT2D eigenvalue weighted by Gasteiger charge is -2.05. The summed E-state index contributed by atoms with van der Waals surface area (Å²) >= 11 is 11.1. The van der Waals surface area contributed by atoms with Crippen LogP contribution in [0.25, 0.3) is 0 Å². The number of rotatable bonds is 4. The van der Waals surface area contributed by atoms with Crippen LogP contribution in [0, 0.1) is 5.92 Å². The Labute approximate surface area is 99.6 Å². The fourth-order valence-electron chi connectivity index (χ4n) is 1.19. The van der Waals surface area contributed by atoms with Crippen LogP contribution in [0.2, 0.25) is 5.15 Å². The molecule has 0 saturated carbocycles. The monoisotopic (exact) mass is 245 g/mol. The lowest BCUT2D eigenvalue weighted by Crippen LogP contribution is -1.99. The molecule has 0 atom stereocenters. The van der Waals surface area contributed by atoms with Crippen molar-refractivity contribution in [1.82, 2.24) is 4.98 Å². The maximum atomic E-state index is 10.9. The topological polar surface area (TPSA) is 30.0 Å². The van der Waals surface area contributed by atoms with E-state index in [9.17, 15) is 4.79 Å². The van der Waals surface area contributed by atoms with Gasteiger partial charge in [0.05, 0.1) is 5.56 Å². The van der Waals surface area contributed by atoms with Gasteiger partial charge in [-0.3, -0.25) is 4.79 Å². The number of hydrogen-bond acceptors (Lipinski definition) is 2. The Hall–Kier alpha value is -0.600. The molecule has 0 N–H and O–H groups in total. The fourth-order valence-corrected chi connectivity index (χ4v) is 1.65. The van der Waals surface area contributed by atoms with Gasteiger partial charge in [-0.15, -0.1) is 0 Å². The van der Waals surface area contributed by atoms with Crippen molar-refractivity contribution in [3.63, 3.8) is 0 Å². The Morgan fingerprint density at radius 3 is 2.60 bits per heavy atom. The van der Waals surface area contributed by atoms with Crippen molar-refractivity contribution in [1.29, 1.82) is 0 Å². The van der Waals surface area contributed by atoms with Crippen LogP contribution in [0.1, 0.15) is 36.3 Å². The molecular weight excluding hydrogens is 233 g/mol. The van der Waals surface area contributed by atoms with Crippen LogP contribution < -0.4 is 0 Å². The minimum absolute atomic E-state index is 0.191. The molecule has 0 aliphatic rings.